The molecule has 310 valence electrons. The van der Waals surface area contributed by atoms with Crippen molar-refractivity contribution >= 4 is 39.0 Å². The molecule has 2 aromatic rings. The number of sulfonamides is 1. The van der Waals surface area contributed by atoms with E-state index in [1.165, 1.54) is 6.92 Å². The number of carbonyl (C=O) groups is 3. The predicted molar refractivity (Wildman–Crippen MR) is 204 cm³/mol. The number of hydrogen-bond donors (Lipinski definition) is 3. The van der Waals surface area contributed by atoms with Crippen LogP contribution in [0.2, 0.25) is 0 Å². The molecule has 1 saturated heterocycles. The first-order valence-electron chi connectivity index (χ1n) is 20.2. The van der Waals surface area contributed by atoms with Gasteiger partial charge < -0.3 is 20.1 Å². The number of fused-ring (bicyclic) bond motifs is 5. The maximum absolute atomic E-state index is 14.4. The number of alkyl carbamates (subject to hydrolysis) is 1. The molecule has 3 amide bonds. The molecule has 0 radical (unpaired) electrons. The van der Waals surface area contributed by atoms with E-state index >= 15 is 0 Å². The SMILES string of the molecule is CC(C)(C)[C@H]1CN2C[C@@H](C[C@H]2C(=O)N[C@]2(C(=O)NS(=O)(=O)C3(C)CC3)C[C@H]2C(F)F)Oc2nc3cc(C#N)ccc3nc2CCCCC[C@@H]2CCC[C@H]2OC(=O)N1. The van der Waals surface area contributed by atoms with E-state index in [1.807, 2.05) is 25.5 Å². The zero-order valence-electron chi connectivity index (χ0n) is 33.0. The lowest BCUT2D eigenvalue weighted by Crippen LogP contribution is -2.58. The molecule has 1 unspecified atom stereocenters. The Bertz CT molecular complexity index is 2050. The van der Waals surface area contributed by atoms with Gasteiger partial charge in [0.1, 0.15) is 23.4 Å². The van der Waals surface area contributed by atoms with E-state index in [1.54, 1.807) is 23.1 Å². The molecule has 8 atom stereocenters. The van der Waals surface area contributed by atoms with Crippen molar-refractivity contribution in [2.45, 2.75) is 146 Å². The minimum atomic E-state index is -4.18. The molecule has 3 heterocycles. The molecule has 2 aliphatic heterocycles. The summed E-state index contributed by atoms with van der Waals surface area (Å²) in [6.45, 7) is 7.62. The molecule has 17 heteroatoms. The van der Waals surface area contributed by atoms with Gasteiger partial charge in [-0.1, -0.05) is 33.6 Å². The number of ether oxygens (including phenoxy) is 2. The second-order valence-electron chi connectivity index (χ2n) is 18.0. The first-order valence-corrected chi connectivity index (χ1v) is 21.7. The Balaban J connectivity index is 1.21. The van der Waals surface area contributed by atoms with Gasteiger partial charge in [0.05, 0.1) is 39.4 Å². The first kappa shape index (κ1) is 41.0. The number of benzene rings is 1. The molecular weight excluding hydrogens is 761 g/mol. The third-order valence-electron chi connectivity index (χ3n) is 12.8. The standard InChI is InChI=1S/C40H53F2N7O7S/c1-38(2,3)32-22-49-21-25(18-30(49)34(50)47-40(19-26(40)33(41)42)36(51)48-57(53,54)39(4)15-16-39)55-35-28(44-27-14-13-23(20-43)17-29(27)45-35)11-7-5-6-9-24-10-8-12-31(24)56-37(52)46-32/h13-14,17,24-26,30-33H,5-12,15-16,18-19,21-22H2,1-4H3,(H,46,52)(H,47,50)(H,48,51)/t24-,25-,26+,30+,31-,32-,40-/m1/s1. The van der Waals surface area contributed by atoms with Crippen molar-refractivity contribution in [3.05, 3.63) is 29.5 Å². The highest BCUT2D eigenvalue weighted by atomic mass is 32.2. The van der Waals surface area contributed by atoms with Crippen molar-refractivity contribution in [2.75, 3.05) is 13.1 Å². The van der Waals surface area contributed by atoms with Gasteiger partial charge in [-0.15, -0.1) is 0 Å². The second-order valence-corrected chi connectivity index (χ2v) is 20.2. The summed E-state index contributed by atoms with van der Waals surface area (Å²) in [4.78, 5) is 52.9. The van der Waals surface area contributed by atoms with Crippen LogP contribution in [-0.2, 0) is 30.8 Å². The van der Waals surface area contributed by atoms with Crippen molar-refractivity contribution < 1.29 is 41.1 Å². The summed E-state index contributed by atoms with van der Waals surface area (Å²) in [6.07, 6.45) is 2.73. The van der Waals surface area contributed by atoms with Crippen molar-refractivity contribution in [1.29, 1.82) is 5.26 Å². The van der Waals surface area contributed by atoms with Crippen LogP contribution in [-0.4, -0.2) is 95.3 Å². The molecule has 0 spiro atoms. The molecule has 57 heavy (non-hydrogen) atoms. The van der Waals surface area contributed by atoms with E-state index < -0.39 is 80.6 Å². The van der Waals surface area contributed by atoms with E-state index in [-0.39, 0.29) is 37.4 Å². The molecule has 2 bridgehead atoms. The van der Waals surface area contributed by atoms with Gasteiger partial charge in [-0.25, -0.2) is 32.0 Å². The van der Waals surface area contributed by atoms with Gasteiger partial charge in [-0.3, -0.25) is 19.2 Å². The Kier molecular flexibility index (Phi) is 11.2. The monoisotopic (exact) mass is 813 g/mol. The smallest absolute Gasteiger partial charge is 0.407 e. The number of alkyl halides is 2. The maximum Gasteiger partial charge on any atom is 0.407 e. The average Bonchev–Trinajstić information content (AvgIpc) is 3.98. The number of nitrogens with zero attached hydrogens (tertiary/aromatic N) is 4. The van der Waals surface area contributed by atoms with Crippen LogP contribution in [0.5, 0.6) is 5.88 Å². The molecule has 1 aromatic carbocycles. The lowest BCUT2D eigenvalue weighted by molar-refractivity contribution is -0.132. The van der Waals surface area contributed by atoms with Gasteiger partial charge in [0.2, 0.25) is 28.2 Å². The van der Waals surface area contributed by atoms with Crippen LogP contribution in [0.25, 0.3) is 11.0 Å². The van der Waals surface area contributed by atoms with Gasteiger partial charge in [-0.05, 0) is 94.2 Å². The van der Waals surface area contributed by atoms with E-state index in [0.717, 1.165) is 44.9 Å². The van der Waals surface area contributed by atoms with Crippen molar-refractivity contribution in [3.8, 4) is 11.9 Å². The van der Waals surface area contributed by atoms with Crippen molar-refractivity contribution in [3.63, 3.8) is 0 Å². The van der Waals surface area contributed by atoms with Crippen LogP contribution in [0.1, 0.15) is 110 Å². The molecule has 5 aliphatic rings. The minimum absolute atomic E-state index is 0.0572. The Morgan fingerprint density at radius 2 is 1.81 bits per heavy atom. The summed E-state index contributed by atoms with van der Waals surface area (Å²) in [5, 5.41) is 15.2. The fraction of sp³-hybridized carbons (Fsp3) is 0.700. The van der Waals surface area contributed by atoms with Crippen LogP contribution < -0.4 is 20.1 Å². The van der Waals surface area contributed by atoms with Gasteiger partial charge in [-0.2, -0.15) is 5.26 Å². The van der Waals surface area contributed by atoms with E-state index in [9.17, 15) is 36.8 Å². The van der Waals surface area contributed by atoms with E-state index in [4.69, 9.17) is 19.4 Å². The third-order valence-corrected chi connectivity index (χ3v) is 14.9. The summed E-state index contributed by atoms with van der Waals surface area (Å²) in [7, 11) is -4.18. The highest BCUT2D eigenvalue weighted by Gasteiger charge is 2.67. The van der Waals surface area contributed by atoms with Crippen LogP contribution >= 0.6 is 0 Å². The number of halogens is 2. The van der Waals surface area contributed by atoms with Gasteiger partial charge in [0.15, 0.2) is 0 Å². The molecule has 1 aromatic heterocycles. The molecule has 7 rings (SSSR count). The first-order chi connectivity index (χ1) is 26.9. The highest BCUT2D eigenvalue weighted by Crippen LogP contribution is 2.49. The highest BCUT2D eigenvalue weighted by molar-refractivity contribution is 7.91. The number of aromatic nitrogens is 2. The maximum atomic E-state index is 14.4. The van der Waals surface area contributed by atoms with Crippen LogP contribution in [0.3, 0.4) is 0 Å². The molecule has 4 fully saturated rings. The number of hydrogen-bond acceptors (Lipinski definition) is 11. The zero-order valence-corrected chi connectivity index (χ0v) is 33.8. The zero-order chi connectivity index (χ0) is 40.9. The number of rotatable bonds is 6. The Labute approximate surface area is 332 Å². The number of nitriles is 1. The fourth-order valence-corrected chi connectivity index (χ4v) is 9.88. The number of carbonyl (C=O) groups excluding carboxylic acids is 3. The lowest BCUT2D eigenvalue weighted by Gasteiger charge is -2.36. The molecule has 3 saturated carbocycles. The van der Waals surface area contributed by atoms with Crippen LogP contribution in [0.4, 0.5) is 13.6 Å². The number of amides is 3. The van der Waals surface area contributed by atoms with Gasteiger partial charge in [0.25, 0.3) is 5.91 Å². The number of aryl methyl sites for hydroxylation is 1. The summed E-state index contributed by atoms with van der Waals surface area (Å²) in [6, 6.07) is 5.62. The Hall–Kier alpha value is -4.17. The van der Waals surface area contributed by atoms with Crippen molar-refractivity contribution in [1.82, 2.24) is 30.2 Å². The largest absolute Gasteiger partial charge is 0.472 e. The molecular formula is C40H53F2N7O7S. The lowest BCUT2D eigenvalue weighted by atomic mass is 9.86. The molecule has 3 aliphatic carbocycles. The topological polar surface area (TPSA) is 193 Å². The minimum Gasteiger partial charge on any atom is -0.472 e. The summed E-state index contributed by atoms with van der Waals surface area (Å²) in [5.41, 5.74) is -0.540. The summed E-state index contributed by atoms with van der Waals surface area (Å²) < 4.78 is 68.0. The predicted octanol–water partition coefficient (Wildman–Crippen LogP) is 4.89. The molecule has 14 nitrogen and oxygen atoms in total. The molecule has 3 N–H and O–H groups in total. The summed E-state index contributed by atoms with van der Waals surface area (Å²) >= 11 is 0. The Morgan fingerprint density at radius 3 is 2.49 bits per heavy atom. The van der Waals surface area contributed by atoms with Crippen molar-refractivity contribution in [2.24, 2.45) is 17.3 Å². The summed E-state index contributed by atoms with van der Waals surface area (Å²) in [5.74, 6) is -2.99. The quantitative estimate of drug-likeness (QED) is 0.360. The normalized spacial score (nSPS) is 31.6. The van der Waals surface area contributed by atoms with Crippen LogP contribution in [0.15, 0.2) is 18.2 Å². The second kappa shape index (κ2) is 15.5. The fourth-order valence-electron chi connectivity index (χ4n) is 8.57. The van der Waals surface area contributed by atoms with Crippen LogP contribution in [0, 0.1) is 28.6 Å². The van der Waals surface area contributed by atoms with Gasteiger partial charge in [0, 0.05) is 25.6 Å². The number of nitrogens with one attached hydrogen (secondary N) is 3. The average molecular weight is 814 g/mol. The third kappa shape index (κ3) is 8.67. The van der Waals surface area contributed by atoms with E-state index in [0.29, 0.717) is 41.6 Å². The van der Waals surface area contributed by atoms with Gasteiger partial charge >= 0.3 is 6.09 Å². The van der Waals surface area contributed by atoms with E-state index in [2.05, 4.69) is 16.7 Å². The Morgan fingerprint density at radius 1 is 1.05 bits per heavy atom.